The Kier molecular flexibility index (Phi) is 4.79. The van der Waals surface area contributed by atoms with Gasteiger partial charge in [-0.2, -0.15) is 0 Å². The zero-order chi connectivity index (χ0) is 19.3. The van der Waals surface area contributed by atoms with Crippen LogP contribution in [-0.4, -0.2) is 37.3 Å². The number of carbonyl (C=O) groups is 1. The standard InChI is InChI=1S/C20H25N5OS2/c1-11-7-8-14-15(9-11)28-19-17(14)18-23-24-20(25(18)12(2)21-19)27-10-16(26)22-13-5-3-4-6-13/h11,13H,3-10H2,1-2H3,(H,22,26)/t11-/m1/s1. The second-order valence-electron chi connectivity index (χ2n) is 8.17. The third-order valence-corrected chi connectivity index (χ3v) is 8.07. The van der Waals surface area contributed by atoms with E-state index in [1.165, 1.54) is 46.9 Å². The molecule has 2 aliphatic carbocycles. The lowest BCUT2D eigenvalue weighted by atomic mass is 9.89. The topological polar surface area (TPSA) is 72.2 Å². The monoisotopic (exact) mass is 415 g/mol. The van der Waals surface area contributed by atoms with Crippen molar-refractivity contribution in [2.75, 3.05) is 5.75 Å². The number of carbonyl (C=O) groups excluding carboxylic acids is 1. The summed E-state index contributed by atoms with van der Waals surface area (Å²) in [6.45, 7) is 4.32. The van der Waals surface area contributed by atoms with Crippen LogP contribution < -0.4 is 5.32 Å². The third kappa shape index (κ3) is 3.20. The number of fused-ring (bicyclic) bond motifs is 5. The molecule has 1 fully saturated rings. The van der Waals surface area contributed by atoms with Gasteiger partial charge in [0.15, 0.2) is 10.8 Å². The molecule has 28 heavy (non-hydrogen) atoms. The van der Waals surface area contributed by atoms with Crippen LogP contribution in [0.5, 0.6) is 0 Å². The summed E-state index contributed by atoms with van der Waals surface area (Å²) in [7, 11) is 0. The molecular formula is C20H25N5OS2. The smallest absolute Gasteiger partial charge is 0.230 e. The minimum atomic E-state index is 0.0854. The first kappa shape index (κ1) is 18.4. The van der Waals surface area contributed by atoms with Crippen LogP contribution in [0.3, 0.4) is 0 Å². The average Bonchev–Trinajstić information content (AvgIpc) is 3.37. The first-order valence-corrected chi connectivity index (χ1v) is 12.0. The Balaban J connectivity index is 1.44. The van der Waals surface area contributed by atoms with Crippen LogP contribution in [0.1, 0.15) is 55.3 Å². The molecule has 2 aliphatic rings. The van der Waals surface area contributed by atoms with E-state index in [1.807, 2.05) is 22.7 Å². The van der Waals surface area contributed by atoms with Crippen LogP contribution >= 0.6 is 23.1 Å². The number of nitrogens with one attached hydrogen (secondary N) is 1. The summed E-state index contributed by atoms with van der Waals surface area (Å²) in [5.74, 6) is 2.08. The molecule has 0 radical (unpaired) electrons. The Labute approximate surface area is 172 Å². The van der Waals surface area contributed by atoms with Crippen LogP contribution in [0, 0.1) is 12.8 Å². The van der Waals surface area contributed by atoms with Crippen molar-refractivity contribution >= 4 is 44.9 Å². The number of aromatic nitrogens is 4. The molecule has 0 saturated heterocycles. The Bertz CT molecular complexity index is 1050. The number of hydrogen-bond acceptors (Lipinski definition) is 6. The lowest BCUT2D eigenvalue weighted by molar-refractivity contribution is -0.119. The number of hydrogen-bond donors (Lipinski definition) is 1. The van der Waals surface area contributed by atoms with Gasteiger partial charge in [-0.15, -0.1) is 21.5 Å². The van der Waals surface area contributed by atoms with E-state index in [-0.39, 0.29) is 5.91 Å². The van der Waals surface area contributed by atoms with Gasteiger partial charge in [0.05, 0.1) is 11.1 Å². The molecule has 1 saturated carbocycles. The fraction of sp³-hybridized carbons (Fsp3) is 0.600. The van der Waals surface area contributed by atoms with E-state index in [0.717, 1.165) is 53.1 Å². The van der Waals surface area contributed by atoms with Crippen molar-refractivity contribution in [2.45, 2.75) is 70.0 Å². The molecule has 1 atom stereocenters. The quantitative estimate of drug-likeness (QED) is 0.654. The van der Waals surface area contributed by atoms with E-state index in [2.05, 4.69) is 22.4 Å². The van der Waals surface area contributed by atoms with Crippen LogP contribution in [0.15, 0.2) is 5.16 Å². The highest BCUT2D eigenvalue weighted by atomic mass is 32.2. The molecule has 1 N–H and O–H groups in total. The van der Waals surface area contributed by atoms with Gasteiger partial charge in [-0.05, 0) is 50.5 Å². The van der Waals surface area contributed by atoms with Gasteiger partial charge < -0.3 is 5.32 Å². The molecule has 0 aliphatic heterocycles. The molecule has 1 amide bonds. The first-order chi connectivity index (χ1) is 13.6. The van der Waals surface area contributed by atoms with E-state index in [9.17, 15) is 4.79 Å². The fourth-order valence-electron chi connectivity index (χ4n) is 4.53. The third-order valence-electron chi connectivity index (χ3n) is 5.99. The minimum Gasteiger partial charge on any atom is -0.353 e. The van der Waals surface area contributed by atoms with Crippen molar-refractivity contribution in [3.63, 3.8) is 0 Å². The zero-order valence-electron chi connectivity index (χ0n) is 16.3. The number of thioether (sulfide) groups is 1. The molecule has 0 aromatic carbocycles. The van der Waals surface area contributed by atoms with Gasteiger partial charge in [0.2, 0.25) is 5.91 Å². The number of rotatable bonds is 4. The van der Waals surface area contributed by atoms with Crippen molar-refractivity contribution in [2.24, 2.45) is 5.92 Å². The summed E-state index contributed by atoms with van der Waals surface area (Å²) in [5.41, 5.74) is 2.31. The Morgan fingerprint density at radius 2 is 2.11 bits per heavy atom. The summed E-state index contributed by atoms with van der Waals surface area (Å²) in [6.07, 6.45) is 8.10. The molecule has 0 spiro atoms. The lowest BCUT2D eigenvalue weighted by Crippen LogP contribution is -2.33. The first-order valence-electron chi connectivity index (χ1n) is 10.2. The highest BCUT2D eigenvalue weighted by molar-refractivity contribution is 7.99. The normalized spacial score (nSPS) is 20.1. The van der Waals surface area contributed by atoms with E-state index < -0.39 is 0 Å². The molecule has 0 bridgehead atoms. The molecule has 148 valence electrons. The molecular weight excluding hydrogens is 390 g/mol. The second-order valence-corrected chi connectivity index (χ2v) is 10.2. The lowest BCUT2D eigenvalue weighted by Gasteiger charge is -2.17. The molecule has 0 unspecified atom stereocenters. The van der Waals surface area contributed by atoms with Gasteiger partial charge in [-0.1, -0.05) is 31.5 Å². The van der Waals surface area contributed by atoms with Crippen molar-refractivity contribution in [3.05, 3.63) is 16.3 Å². The van der Waals surface area contributed by atoms with E-state index in [1.54, 1.807) is 0 Å². The van der Waals surface area contributed by atoms with Gasteiger partial charge in [0.1, 0.15) is 10.7 Å². The van der Waals surface area contributed by atoms with Gasteiger partial charge in [0.25, 0.3) is 0 Å². The minimum absolute atomic E-state index is 0.0854. The fourth-order valence-corrected chi connectivity index (χ4v) is 6.74. The maximum atomic E-state index is 12.3. The number of nitrogens with zero attached hydrogens (tertiary/aromatic N) is 4. The summed E-state index contributed by atoms with van der Waals surface area (Å²) in [4.78, 5) is 19.7. The van der Waals surface area contributed by atoms with E-state index in [4.69, 9.17) is 4.98 Å². The van der Waals surface area contributed by atoms with Crippen molar-refractivity contribution in [1.82, 2.24) is 24.9 Å². The van der Waals surface area contributed by atoms with Crippen LogP contribution in [-0.2, 0) is 17.6 Å². The van der Waals surface area contributed by atoms with Crippen molar-refractivity contribution < 1.29 is 4.79 Å². The highest BCUT2D eigenvalue weighted by Gasteiger charge is 2.25. The number of thiophene rings is 1. The summed E-state index contributed by atoms with van der Waals surface area (Å²) in [5, 5.41) is 14.0. The van der Waals surface area contributed by atoms with Gasteiger partial charge in [0, 0.05) is 10.9 Å². The number of amides is 1. The molecule has 5 rings (SSSR count). The maximum absolute atomic E-state index is 12.3. The molecule has 3 aromatic rings. The largest absolute Gasteiger partial charge is 0.353 e. The predicted molar refractivity (Wildman–Crippen MR) is 113 cm³/mol. The summed E-state index contributed by atoms with van der Waals surface area (Å²) < 4.78 is 2.03. The van der Waals surface area contributed by atoms with Crippen LogP contribution in [0.4, 0.5) is 0 Å². The summed E-state index contributed by atoms with van der Waals surface area (Å²) in [6, 6.07) is 0.353. The predicted octanol–water partition coefficient (Wildman–Crippen LogP) is 3.92. The second kappa shape index (κ2) is 7.30. The molecule has 8 heteroatoms. The van der Waals surface area contributed by atoms with E-state index >= 15 is 0 Å². The van der Waals surface area contributed by atoms with Gasteiger partial charge in [-0.3, -0.25) is 9.20 Å². The Morgan fingerprint density at radius 1 is 1.29 bits per heavy atom. The van der Waals surface area contributed by atoms with Crippen LogP contribution in [0.25, 0.3) is 15.9 Å². The van der Waals surface area contributed by atoms with E-state index in [0.29, 0.717) is 11.8 Å². The van der Waals surface area contributed by atoms with Crippen LogP contribution in [0.2, 0.25) is 0 Å². The SMILES string of the molecule is Cc1nc2sc3c(c2c2nnc(SCC(=O)NC4CCCC4)n12)CC[C@@H](C)C3. The van der Waals surface area contributed by atoms with Gasteiger partial charge in [-0.25, -0.2) is 4.98 Å². The molecule has 3 heterocycles. The van der Waals surface area contributed by atoms with Crippen molar-refractivity contribution in [3.8, 4) is 0 Å². The van der Waals surface area contributed by atoms with Gasteiger partial charge >= 0.3 is 0 Å². The number of aryl methyl sites for hydroxylation is 2. The average molecular weight is 416 g/mol. The Morgan fingerprint density at radius 3 is 2.93 bits per heavy atom. The zero-order valence-corrected chi connectivity index (χ0v) is 18.0. The molecule has 3 aromatic heterocycles. The maximum Gasteiger partial charge on any atom is 0.230 e. The molecule has 6 nitrogen and oxygen atoms in total. The summed E-state index contributed by atoms with van der Waals surface area (Å²) >= 11 is 3.27. The Hall–Kier alpha value is -1.67. The highest BCUT2D eigenvalue weighted by Crippen LogP contribution is 2.39. The van der Waals surface area contributed by atoms with Crippen molar-refractivity contribution in [1.29, 1.82) is 0 Å².